The van der Waals surface area contributed by atoms with Gasteiger partial charge in [0.2, 0.25) is 0 Å². The molecule has 0 N–H and O–H groups in total. The molecule has 0 unspecified atom stereocenters. The Morgan fingerprint density at radius 3 is 1.83 bits per heavy atom. The zero-order valence-electron chi connectivity index (χ0n) is 12.8. The third-order valence-corrected chi connectivity index (χ3v) is 4.22. The van der Waals surface area contributed by atoms with Gasteiger partial charge in [0, 0.05) is 12.4 Å². The number of para-hydroxylation sites is 4. The molecule has 2 aromatic carbocycles. The average molecular weight is 312 g/mol. The zero-order chi connectivity index (χ0) is 15.9. The van der Waals surface area contributed by atoms with Crippen LogP contribution in [0.15, 0.2) is 79.6 Å². The molecule has 0 atom stereocenters. The third-order valence-electron chi connectivity index (χ3n) is 4.22. The van der Waals surface area contributed by atoms with E-state index >= 15 is 0 Å². The van der Waals surface area contributed by atoms with E-state index in [-0.39, 0.29) is 7.12 Å². The summed E-state index contributed by atoms with van der Waals surface area (Å²) in [6.45, 7) is 0. The molecule has 6 nitrogen and oxygen atoms in total. The summed E-state index contributed by atoms with van der Waals surface area (Å²) in [6.07, 6.45) is 7.44. The van der Waals surface area contributed by atoms with Gasteiger partial charge >= 0.3 is 7.12 Å². The number of hydrogen-bond donors (Lipinski definition) is 0. The fourth-order valence-corrected chi connectivity index (χ4v) is 3.13. The summed E-state index contributed by atoms with van der Waals surface area (Å²) >= 11 is 0. The lowest BCUT2D eigenvalue weighted by atomic mass is 9.92. The molecular formula is C17H13BN6. The molecule has 0 saturated carbocycles. The quantitative estimate of drug-likeness (QED) is 0.481. The van der Waals surface area contributed by atoms with Crippen LogP contribution >= 0.6 is 0 Å². The smallest absolute Gasteiger partial charge is 0.333 e. The Labute approximate surface area is 138 Å². The Hall–Kier alpha value is -3.35. The first-order valence-electron chi connectivity index (χ1n) is 7.74. The van der Waals surface area contributed by atoms with E-state index < -0.39 is 0 Å². The maximum Gasteiger partial charge on any atom is 0.537 e. The second-order valence-corrected chi connectivity index (χ2v) is 5.61. The van der Waals surface area contributed by atoms with Crippen molar-refractivity contribution < 1.29 is 0 Å². The van der Waals surface area contributed by atoms with Gasteiger partial charge in [-0.3, -0.25) is 4.59 Å². The number of rotatable bonds is 3. The molecular weight excluding hydrogens is 299 g/mol. The molecule has 114 valence electrons. The molecule has 0 spiro atoms. The van der Waals surface area contributed by atoms with Gasteiger partial charge in [-0.25, -0.2) is 9.97 Å². The van der Waals surface area contributed by atoms with Gasteiger partial charge < -0.3 is 8.96 Å². The summed E-state index contributed by atoms with van der Waals surface area (Å²) in [5, 5.41) is 4.46. The molecule has 0 fully saturated rings. The minimum absolute atomic E-state index is 0.209. The van der Waals surface area contributed by atoms with E-state index in [0.29, 0.717) is 0 Å². The third kappa shape index (κ3) is 1.88. The number of nitrogens with zero attached hydrogens (tertiary/aromatic N) is 6. The maximum absolute atomic E-state index is 4.53. The summed E-state index contributed by atoms with van der Waals surface area (Å²) in [6, 6.07) is 18.1. The first-order valence-corrected chi connectivity index (χ1v) is 7.74. The molecule has 5 aromatic rings. The van der Waals surface area contributed by atoms with Crippen LogP contribution in [0.3, 0.4) is 0 Å². The van der Waals surface area contributed by atoms with Gasteiger partial charge in [0.1, 0.15) is 0 Å². The Morgan fingerprint density at radius 2 is 1.29 bits per heavy atom. The van der Waals surface area contributed by atoms with E-state index in [1.165, 1.54) is 0 Å². The summed E-state index contributed by atoms with van der Waals surface area (Å²) in [5.74, 6) is 0. The normalized spacial score (nSPS) is 11.3. The topological polar surface area (TPSA) is 53.5 Å². The van der Waals surface area contributed by atoms with Crippen LogP contribution in [0.4, 0.5) is 0 Å². The van der Waals surface area contributed by atoms with E-state index in [4.69, 9.17) is 0 Å². The molecule has 7 heteroatoms. The predicted octanol–water partition coefficient (Wildman–Crippen LogP) is 2.51. The van der Waals surface area contributed by atoms with Gasteiger partial charge in [-0.1, -0.05) is 24.3 Å². The van der Waals surface area contributed by atoms with Crippen LogP contribution in [-0.2, 0) is 0 Å². The minimum atomic E-state index is -0.209. The van der Waals surface area contributed by atoms with Crippen LogP contribution in [0.2, 0.25) is 0 Å². The molecule has 3 aromatic heterocycles. The first kappa shape index (κ1) is 13.1. The van der Waals surface area contributed by atoms with Crippen molar-refractivity contribution in [3.05, 3.63) is 79.6 Å². The van der Waals surface area contributed by atoms with E-state index in [1.807, 2.05) is 65.9 Å². The Balaban J connectivity index is 1.80. The monoisotopic (exact) mass is 312 g/mol. The highest BCUT2D eigenvalue weighted by Crippen LogP contribution is 2.18. The zero-order valence-corrected chi connectivity index (χ0v) is 12.8. The van der Waals surface area contributed by atoms with Crippen molar-refractivity contribution in [2.45, 2.75) is 0 Å². The molecule has 0 radical (unpaired) electrons. The van der Waals surface area contributed by atoms with Crippen LogP contribution in [0, 0.1) is 0 Å². The molecule has 0 aliphatic carbocycles. The summed E-state index contributed by atoms with van der Waals surface area (Å²) in [7, 11) is -0.209. The van der Waals surface area contributed by atoms with Crippen LogP contribution in [0.25, 0.3) is 22.1 Å². The molecule has 3 heterocycles. The lowest BCUT2D eigenvalue weighted by molar-refractivity contribution is 0.873. The maximum atomic E-state index is 4.53. The largest absolute Gasteiger partial charge is 0.537 e. The number of imidazole rings is 2. The summed E-state index contributed by atoms with van der Waals surface area (Å²) < 4.78 is 6.12. The molecule has 24 heavy (non-hydrogen) atoms. The predicted molar refractivity (Wildman–Crippen MR) is 93.6 cm³/mol. The highest BCUT2D eigenvalue weighted by Gasteiger charge is 2.28. The van der Waals surface area contributed by atoms with Gasteiger partial charge in [0.25, 0.3) is 0 Å². The number of fused-ring (bicyclic) bond motifs is 2. The van der Waals surface area contributed by atoms with Crippen LogP contribution in [-0.4, -0.2) is 35.7 Å². The van der Waals surface area contributed by atoms with Crippen molar-refractivity contribution in [2.24, 2.45) is 0 Å². The summed E-state index contributed by atoms with van der Waals surface area (Å²) in [4.78, 5) is 9.05. The Bertz CT molecular complexity index is 1050. The molecule has 0 amide bonds. The second kappa shape index (κ2) is 5.09. The van der Waals surface area contributed by atoms with E-state index in [2.05, 4.69) is 36.2 Å². The molecule has 0 aliphatic rings. The van der Waals surface area contributed by atoms with Crippen LogP contribution in [0.1, 0.15) is 0 Å². The fourth-order valence-electron chi connectivity index (χ4n) is 3.13. The van der Waals surface area contributed by atoms with E-state index in [9.17, 15) is 0 Å². The van der Waals surface area contributed by atoms with Gasteiger partial charge in [-0.2, -0.15) is 5.10 Å². The first-order chi connectivity index (χ1) is 11.9. The van der Waals surface area contributed by atoms with Gasteiger partial charge in [0.05, 0.1) is 34.7 Å². The van der Waals surface area contributed by atoms with Gasteiger partial charge in [-0.05, 0) is 30.3 Å². The molecule has 0 aliphatic heterocycles. The number of benzene rings is 2. The van der Waals surface area contributed by atoms with Crippen molar-refractivity contribution in [2.75, 3.05) is 0 Å². The van der Waals surface area contributed by atoms with Crippen molar-refractivity contribution >= 4 is 29.2 Å². The lowest BCUT2D eigenvalue weighted by Gasteiger charge is -2.17. The van der Waals surface area contributed by atoms with Crippen molar-refractivity contribution in [3.63, 3.8) is 0 Å². The molecule has 0 saturated heterocycles. The van der Waals surface area contributed by atoms with Gasteiger partial charge in [-0.15, -0.1) is 0 Å². The average Bonchev–Trinajstić information content (AvgIpc) is 3.36. The van der Waals surface area contributed by atoms with Crippen LogP contribution in [0.5, 0.6) is 0 Å². The second-order valence-electron chi connectivity index (χ2n) is 5.61. The molecule has 5 rings (SSSR count). The summed E-state index contributed by atoms with van der Waals surface area (Å²) in [5.41, 5.74) is 4.02. The number of hydrogen-bond acceptors (Lipinski definition) is 3. The standard InChI is InChI=1S/C17H13BN6/c1-3-8-16-14(6-1)19-12-22(16)18(24-11-5-10-21-24)23-13-20-15-7-2-4-9-17(15)23/h1-13H. The number of aromatic nitrogens is 6. The van der Waals surface area contributed by atoms with E-state index in [1.54, 1.807) is 6.20 Å². The van der Waals surface area contributed by atoms with Crippen molar-refractivity contribution in [1.82, 2.24) is 28.6 Å². The minimum Gasteiger partial charge on any atom is -0.333 e. The highest BCUT2D eigenvalue weighted by molar-refractivity contribution is 6.55. The van der Waals surface area contributed by atoms with Crippen molar-refractivity contribution in [1.29, 1.82) is 0 Å². The van der Waals surface area contributed by atoms with E-state index in [0.717, 1.165) is 22.1 Å². The van der Waals surface area contributed by atoms with Gasteiger partial charge in [0.15, 0.2) is 0 Å². The fraction of sp³-hybridized carbons (Fsp3) is 0. The SMILES string of the molecule is c1ccc2c(c1)ncn2B(n1cccn1)n1cnc2ccccc21. The lowest BCUT2D eigenvalue weighted by Crippen LogP contribution is -2.41. The Morgan fingerprint density at radius 1 is 0.708 bits per heavy atom. The molecule has 0 bridgehead atoms. The Kier molecular flexibility index (Phi) is 2.78. The van der Waals surface area contributed by atoms with Crippen LogP contribution < -0.4 is 0 Å². The van der Waals surface area contributed by atoms with Crippen molar-refractivity contribution in [3.8, 4) is 0 Å². The highest BCUT2D eigenvalue weighted by atomic mass is 15.3.